The number of hydrogen-bond acceptors (Lipinski definition) is 3. The van der Waals surface area contributed by atoms with E-state index in [1.165, 1.54) is 0 Å². The minimum absolute atomic E-state index is 0.647. The second kappa shape index (κ2) is 4.76. The lowest BCUT2D eigenvalue weighted by Crippen LogP contribution is -2.06. The van der Waals surface area contributed by atoms with Crippen molar-refractivity contribution in [3.63, 3.8) is 0 Å². The van der Waals surface area contributed by atoms with Gasteiger partial charge in [-0.3, -0.25) is 0 Å². The highest BCUT2D eigenvalue weighted by Crippen LogP contribution is 2.15. The van der Waals surface area contributed by atoms with Crippen LogP contribution in [-0.2, 0) is 6.42 Å². The molecular formula is C11H13BrN4. The number of halogens is 1. The molecule has 0 aromatic carbocycles. The summed E-state index contributed by atoms with van der Waals surface area (Å²) in [6.07, 6.45) is 6.34. The Morgan fingerprint density at radius 3 is 2.81 bits per heavy atom. The third-order valence-corrected chi connectivity index (χ3v) is 2.72. The summed E-state index contributed by atoms with van der Waals surface area (Å²) in [4.78, 5) is 4.40. The molecular weight excluding hydrogens is 268 g/mol. The first-order valence-electron chi connectivity index (χ1n) is 5.07. The van der Waals surface area contributed by atoms with Crippen LogP contribution in [0.2, 0.25) is 0 Å². The number of nitrogens with zero attached hydrogens (tertiary/aromatic N) is 3. The standard InChI is InChI=1S/C11H13BrN4/c1-8-4-9(2-3-13)5-14-11(8)16-7-10(12)6-15-16/h4-7H,2-3,13H2,1H3. The largest absolute Gasteiger partial charge is 0.330 e. The Balaban J connectivity index is 2.36. The fourth-order valence-electron chi connectivity index (χ4n) is 1.59. The Morgan fingerprint density at radius 2 is 2.25 bits per heavy atom. The van der Waals surface area contributed by atoms with Crippen molar-refractivity contribution in [3.05, 3.63) is 40.3 Å². The number of rotatable bonds is 3. The van der Waals surface area contributed by atoms with Gasteiger partial charge < -0.3 is 5.73 Å². The first-order valence-corrected chi connectivity index (χ1v) is 5.86. The predicted octanol–water partition coefficient (Wildman–Crippen LogP) is 1.84. The summed E-state index contributed by atoms with van der Waals surface area (Å²) in [6.45, 7) is 2.67. The van der Waals surface area contributed by atoms with E-state index >= 15 is 0 Å². The minimum Gasteiger partial charge on any atom is -0.330 e. The van der Waals surface area contributed by atoms with E-state index in [0.717, 1.165) is 27.8 Å². The molecule has 2 aromatic heterocycles. The van der Waals surface area contributed by atoms with Crippen molar-refractivity contribution in [2.24, 2.45) is 5.73 Å². The topological polar surface area (TPSA) is 56.7 Å². The minimum atomic E-state index is 0.647. The monoisotopic (exact) mass is 280 g/mol. The maximum Gasteiger partial charge on any atom is 0.156 e. The Hall–Kier alpha value is -1.20. The third kappa shape index (κ3) is 2.31. The molecule has 2 aromatic rings. The Kier molecular flexibility index (Phi) is 3.36. The number of aryl methyl sites for hydroxylation is 1. The molecule has 2 rings (SSSR count). The van der Waals surface area contributed by atoms with Crippen molar-refractivity contribution in [3.8, 4) is 5.82 Å². The van der Waals surface area contributed by atoms with Crippen LogP contribution in [0.15, 0.2) is 29.1 Å². The zero-order chi connectivity index (χ0) is 11.5. The molecule has 4 nitrogen and oxygen atoms in total. The quantitative estimate of drug-likeness (QED) is 0.934. The lowest BCUT2D eigenvalue weighted by Gasteiger charge is -2.06. The normalized spacial score (nSPS) is 10.7. The summed E-state index contributed by atoms with van der Waals surface area (Å²) in [5, 5.41) is 4.21. The molecule has 0 radical (unpaired) electrons. The number of aromatic nitrogens is 3. The van der Waals surface area contributed by atoms with Crippen LogP contribution in [0.4, 0.5) is 0 Å². The van der Waals surface area contributed by atoms with Crippen LogP contribution >= 0.6 is 15.9 Å². The summed E-state index contributed by atoms with van der Waals surface area (Å²) >= 11 is 3.37. The van der Waals surface area contributed by atoms with Crippen molar-refractivity contribution in [2.45, 2.75) is 13.3 Å². The average molecular weight is 281 g/mol. The van der Waals surface area contributed by atoms with Gasteiger partial charge in [-0.2, -0.15) is 5.10 Å². The van der Waals surface area contributed by atoms with Gasteiger partial charge in [0.2, 0.25) is 0 Å². The van der Waals surface area contributed by atoms with E-state index < -0.39 is 0 Å². The molecule has 0 aliphatic carbocycles. The summed E-state index contributed by atoms with van der Waals surface area (Å²) < 4.78 is 2.70. The molecule has 0 spiro atoms. The molecule has 2 heterocycles. The summed E-state index contributed by atoms with van der Waals surface area (Å²) in [6, 6.07) is 2.10. The lowest BCUT2D eigenvalue weighted by atomic mass is 10.1. The van der Waals surface area contributed by atoms with Gasteiger partial charge in [-0.05, 0) is 46.9 Å². The molecule has 0 fully saturated rings. The maximum absolute atomic E-state index is 5.51. The van der Waals surface area contributed by atoms with Gasteiger partial charge in [0.15, 0.2) is 5.82 Å². The van der Waals surface area contributed by atoms with Gasteiger partial charge in [0, 0.05) is 12.4 Å². The highest BCUT2D eigenvalue weighted by Gasteiger charge is 2.05. The molecule has 0 amide bonds. The molecule has 2 N–H and O–H groups in total. The van der Waals surface area contributed by atoms with Crippen LogP contribution < -0.4 is 5.73 Å². The molecule has 0 aliphatic heterocycles. The van der Waals surface area contributed by atoms with Gasteiger partial charge in [0.25, 0.3) is 0 Å². The molecule has 0 bridgehead atoms. The molecule has 0 saturated carbocycles. The van der Waals surface area contributed by atoms with E-state index in [1.807, 2.05) is 19.3 Å². The summed E-state index contributed by atoms with van der Waals surface area (Å²) in [5.41, 5.74) is 7.77. The zero-order valence-corrected chi connectivity index (χ0v) is 10.6. The van der Waals surface area contributed by atoms with Gasteiger partial charge in [0.1, 0.15) is 0 Å². The Bertz CT molecular complexity index is 492. The van der Waals surface area contributed by atoms with E-state index in [1.54, 1.807) is 10.9 Å². The van der Waals surface area contributed by atoms with Crippen molar-refractivity contribution in [1.82, 2.24) is 14.8 Å². The Morgan fingerprint density at radius 1 is 1.44 bits per heavy atom. The first-order chi connectivity index (χ1) is 7.70. The van der Waals surface area contributed by atoms with Crippen LogP contribution in [-0.4, -0.2) is 21.3 Å². The number of pyridine rings is 1. The molecule has 5 heteroatoms. The fourth-order valence-corrected chi connectivity index (χ4v) is 1.87. The third-order valence-electron chi connectivity index (χ3n) is 2.31. The van der Waals surface area contributed by atoms with Crippen LogP contribution in [0.5, 0.6) is 0 Å². The number of nitrogens with two attached hydrogens (primary N) is 1. The first kappa shape index (κ1) is 11.3. The van der Waals surface area contributed by atoms with E-state index in [9.17, 15) is 0 Å². The highest BCUT2D eigenvalue weighted by atomic mass is 79.9. The smallest absolute Gasteiger partial charge is 0.156 e. The zero-order valence-electron chi connectivity index (χ0n) is 9.02. The van der Waals surface area contributed by atoms with E-state index in [2.05, 4.69) is 32.1 Å². The van der Waals surface area contributed by atoms with Crippen molar-refractivity contribution in [2.75, 3.05) is 6.54 Å². The molecule has 0 unspecified atom stereocenters. The predicted molar refractivity (Wildman–Crippen MR) is 66.6 cm³/mol. The number of hydrogen-bond donors (Lipinski definition) is 1. The summed E-state index contributed by atoms with van der Waals surface area (Å²) in [7, 11) is 0. The van der Waals surface area contributed by atoms with Gasteiger partial charge in [0.05, 0.1) is 10.7 Å². The van der Waals surface area contributed by atoms with E-state index in [4.69, 9.17) is 5.73 Å². The van der Waals surface area contributed by atoms with Crippen LogP contribution in [0.1, 0.15) is 11.1 Å². The van der Waals surface area contributed by atoms with Gasteiger partial charge in [-0.15, -0.1) is 0 Å². The van der Waals surface area contributed by atoms with Crippen LogP contribution in [0, 0.1) is 6.92 Å². The molecule has 0 saturated heterocycles. The average Bonchev–Trinajstić information content (AvgIpc) is 2.65. The maximum atomic E-state index is 5.51. The lowest BCUT2D eigenvalue weighted by molar-refractivity contribution is 0.831. The summed E-state index contributed by atoms with van der Waals surface area (Å²) in [5.74, 6) is 0.853. The van der Waals surface area contributed by atoms with E-state index in [0.29, 0.717) is 6.54 Å². The van der Waals surface area contributed by atoms with Crippen molar-refractivity contribution < 1.29 is 0 Å². The van der Waals surface area contributed by atoms with Gasteiger partial charge >= 0.3 is 0 Å². The van der Waals surface area contributed by atoms with E-state index in [-0.39, 0.29) is 0 Å². The molecule has 84 valence electrons. The van der Waals surface area contributed by atoms with Crippen LogP contribution in [0.3, 0.4) is 0 Å². The van der Waals surface area contributed by atoms with Crippen molar-refractivity contribution in [1.29, 1.82) is 0 Å². The van der Waals surface area contributed by atoms with Gasteiger partial charge in [-0.25, -0.2) is 9.67 Å². The fraction of sp³-hybridized carbons (Fsp3) is 0.273. The Labute approximate surface area is 103 Å². The second-order valence-electron chi connectivity index (χ2n) is 3.63. The SMILES string of the molecule is Cc1cc(CCN)cnc1-n1cc(Br)cn1. The molecule has 16 heavy (non-hydrogen) atoms. The van der Waals surface area contributed by atoms with Gasteiger partial charge in [-0.1, -0.05) is 6.07 Å². The molecule has 0 atom stereocenters. The highest BCUT2D eigenvalue weighted by molar-refractivity contribution is 9.10. The van der Waals surface area contributed by atoms with Crippen molar-refractivity contribution >= 4 is 15.9 Å². The molecule has 0 aliphatic rings. The van der Waals surface area contributed by atoms with Crippen LogP contribution in [0.25, 0.3) is 5.82 Å². The second-order valence-corrected chi connectivity index (χ2v) is 4.54.